The minimum atomic E-state index is -2.63. The summed E-state index contributed by atoms with van der Waals surface area (Å²) in [6.07, 6.45) is 0.452. The molecule has 37 heavy (non-hydrogen) atoms. The van der Waals surface area contributed by atoms with Crippen molar-refractivity contribution >= 4 is 34.1 Å². The fourth-order valence-electron chi connectivity index (χ4n) is 4.93. The quantitative estimate of drug-likeness (QED) is 0.251. The summed E-state index contributed by atoms with van der Waals surface area (Å²) in [7, 11) is 0. The number of hydrogen-bond acceptors (Lipinski definition) is 6. The van der Waals surface area contributed by atoms with Gasteiger partial charge in [0.15, 0.2) is 11.6 Å². The van der Waals surface area contributed by atoms with Gasteiger partial charge in [0.2, 0.25) is 5.92 Å². The number of carbonyl (C=O) groups excluding carboxylic acids is 1. The summed E-state index contributed by atoms with van der Waals surface area (Å²) in [6.45, 7) is 4.18. The Labute approximate surface area is 218 Å². The third-order valence-corrected chi connectivity index (χ3v) is 7.16. The Hall–Kier alpha value is -3.39. The zero-order valence-corrected chi connectivity index (χ0v) is 21.4. The molecule has 4 aromatic rings. The third kappa shape index (κ3) is 5.64. The van der Waals surface area contributed by atoms with Gasteiger partial charge in [-0.3, -0.25) is 4.79 Å². The van der Waals surface area contributed by atoms with Crippen LogP contribution in [0.4, 0.5) is 14.6 Å². The Kier molecular flexibility index (Phi) is 6.94. The summed E-state index contributed by atoms with van der Waals surface area (Å²) < 4.78 is 32.5. The van der Waals surface area contributed by atoms with Crippen LogP contribution in [0.15, 0.2) is 47.0 Å². The first-order valence-electron chi connectivity index (χ1n) is 12.3. The van der Waals surface area contributed by atoms with Gasteiger partial charge in [0.1, 0.15) is 11.6 Å². The molecule has 1 N–H and O–H groups in total. The molecule has 1 aliphatic carbocycles. The maximum atomic E-state index is 13.6. The number of nitrogens with one attached hydrogen (secondary N) is 1. The van der Waals surface area contributed by atoms with Gasteiger partial charge in [-0.2, -0.15) is 0 Å². The molecule has 0 spiro atoms. The molecule has 0 amide bonds. The van der Waals surface area contributed by atoms with Crippen LogP contribution < -0.4 is 5.32 Å². The Morgan fingerprint density at radius 1 is 1.14 bits per heavy atom. The summed E-state index contributed by atoms with van der Waals surface area (Å²) in [5, 5.41) is 8.77. The Bertz CT molecular complexity index is 1440. The molecule has 0 unspecified atom stereocenters. The number of carbonyl (C=O) groups is 1. The molecule has 0 aliphatic heterocycles. The van der Waals surface area contributed by atoms with Gasteiger partial charge in [-0.25, -0.2) is 18.7 Å². The van der Waals surface area contributed by atoms with E-state index in [1.807, 2.05) is 50.2 Å². The molecule has 1 saturated carbocycles. The maximum absolute atomic E-state index is 13.6. The highest BCUT2D eigenvalue weighted by Gasteiger charge is 2.35. The maximum Gasteiger partial charge on any atom is 0.248 e. The molecule has 0 bridgehead atoms. The zero-order valence-electron chi connectivity index (χ0n) is 20.7. The van der Waals surface area contributed by atoms with E-state index in [1.165, 1.54) is 0 Å². The van der Waals surface area contributed by atoms with Crippen LogP contribution in [0.5, 0.6) is 0 Å². The lowest BCUT2D eigenvalue weighted by Crippen LogP contribution is -2.26. The average Bonchev–Trinajstić information content (AvgIpc) is 3.21. The second-order valence-corrected chi connectivity index (χ2v) is 10.2. The van der Waals surface area contributed by atoms with Crippen LogP contribution in [-0.2, 0) is 6.54 Å². The van der Waals surface area contributed by atoms with E-state index < -0.39 is 5.92 Å². The van der Waals surface area contributed by atoms with Crippen LogP contribution in [0, 0.1) is 19.8 Å². The van der Waals surface area contributed by atoms with Crippen molar-refractivity contribution in [2.24, 2.45) is 5.92 Å². The SMILES string of the molecule is Cc1noc(C)c1-c1ccc2nc(C(=O)CC3CCC(F)(F)CC3)nc(NCc3cccc(Cl)c3)c2c1. The summed E-state index contributed by atoms with van der Waals surface area (Å²) >= 11 is 6.15. The van der Waals surface area contributed by atoms with E-state index in [0.717, 1.165) is 27.8 Å². The average molecular weight is 525 g/mol. The number of benzene rings is 2. The predicted molar refractivity (Wildman–Crippen MR) is 139 cm³/mol. The number of halogens is 3. The molecule has 6 nitrogen and oxygen atoms in total. The number of anilines is 1. The number of hydrogen-bond donors (Lipinski definition) is 1. The van der Waals surface area contributed by atoms with Crippen molar-refractivity contribution in [1.82, 2.24) is 15.1 Å². The molecule has 2 heterocycles. The predicted octanol–water partition coefficient (Wildman–Crippen LogP) is 7.57. The van der Waals surface area contributed by atoms with Gasteiger partial charge in [0, 0.05) is 41.8 Å². The molecule has 9 heteroatoms. The molecule has 192 valence electrons. The fourth-order valence-corrected chi connectivity index (χ4v) is 5.14. The van der Waals surface area contributed by atoms with Crippen molar-refractivity contribution in [1.29, 1.82) is 0 Å². The number of Topliss-reactive ketones (excluding diaryl/α,β-unsaturated/α-hetero) is 1. The molecule has 0 radical (unpaired) electrons. The van der Waals surface area contributed by atoms with Crippen molar-refractivity contribution < 1.29 is 18.1 Å². The zero-order chi connectivity index (χ0) is 26.2. The number of aromatic nitrogens is 3. The first-order valence-corrected chi connectivity index (χ1v) is 12.7. The lowest BCUT2D eigenvalue weighted by Gasteiger charge is -2.27. The van der Waals surface area contributed by atoms with E-state index in [0.29, 0.717) is 41.5 Å². The molecular weight excluding hydrogens is 498 g/mol. The molecule has 1 aliphatic rings. The van der Waals surface area contributed by atoms with Crippen LogP contribution in [0.25, 0.3) is 22.0 Å². The van der Waals surface area contributed by atoms with Gasteiger partial charge in [-0.1, -0.05) is 35.0 Å². The second kappa shape index (κ2) is 10.2. The number of rotatable bonds is 7. The topological polar surface area (TPSA) is 80.9 Å². The lowest BCUT2D eigenvalue weighted by atomic mass is 9.83. The van der Waals surface area contributed by atoms with Crippen molar-refractivity contribution in [2.75, 3.05) is 5.32 Å². The highest BCUT2D eigenvalue weighted by molar-refractivity contribution is 6.30. The van der Waals surface area contributed by atoms with E-state index in [1.54, 1.807) is 6.07 Å². The van der Waals surface area contributed by atoms with Crippen molar-refractivity contribution in [3.8, 4) is 11.1 Å². The minimum Gasteiger partial charge on any atom is -0.365 e. The number of ketones is 1. The van der Waals surface area contributed by atoms with Gasteiger partial charge < -0.3 is 9.84 Å². The Balaban J connectivity index is 1.49. The Morgan fingerprint density at radius 2 is 1.92 bits per heavy atom. The summed E-state index contributed by atoms with van der Waals surface area (Å²) in [5.41, 5.74) is 4.14. The van der Waals surface area contributed by atoms with Crippen molar-refractivity contribution in [2.45, 2.75) is 58.4 Å². The highest BCUT2D eigenvalue weighted by atomic mass is 35.5. The van der Waals surface area contributed by atoms with E-state index >= 15 is 0 Å². The number of aryl methyl sites for hydroxylation is 2. The van der Waals surface area contributed by atoms with Crippen molar-refractivity contribution in [3.05, 3.63) is 70.3 Å². The van der Waals surface area contributed by atoms with E-state index in [4.69, 9.17) is 16.1 Å². The molecule has 0 atom stereocenters. The molecule has 2 aromatic carbocycles. The van der Waals surface area contributed by atoms with Crippen molar-refractivity contribution in [3.63, 3.8) is 0 Å². The molecule has 0 saturated heterocycles. The van der Waals surface area contributed by atoms with Crippen LogP contribution in [0.3, 0.4) is 0 Å². The van der Waals surface area contributed by atoms with Gasteiger partial charge in [0.25, 0.3) is 0 Å². The Morgan fingerprint density at radius 3 is 2.62 bits per heavy atom. The number of fused-ring (bicyclic) bond motifs is 1. The normalized spacial score (nSPS) is 15.7. The second-order valence-electron chi connectivity index (χ2n) is 9.74. The first-order chi connectivity index (χ1) is 17.7. The monoisotopic (exact) mass is 524 g/mol. The van der Waals surface area contributed by atoms with Gasteiger partial charge in [-0.15, -0.1) is 0 Å². The van der Waals surface area contributed by atoms with E-state index in [-0.39, 0.29) is 36.8 Å². The minimum absolute atomic E-state index is 0.0866. The third-order valence-electron chi connectivity index (χ3n) is 6.93. The molecule has 5 rings (SSSR count). The summed E-state index contributed by atoms with van der Waals surface area (Å²) in [5.74, 6) is -1.65. The summed E-state index contributed by atoms with van der Waals surface area (Å²) in [6, 6.07) is 13.2. The number of alkyl halides is 2. The van der Waals surface area contributed by atoms with Crippen LogP contribution in [0.2, 0.25) is 5.02 Å². The first kappa shape index (κ1) is 25.3. The van der Waals surface area contributed by atoms with Crippen LogP contribution >= 0.6 is 11.6 Å². The fraction of sp³-hybridized carbons (Fsp3) is 0.357. The number of nitrogens with zero attached hydrogens (tertiary/aromatic N) is 3. The standard InChI is InChI=1S/C28H27ClF2N4O2/c1-16-25(17(2)37-35-16)20-6-7-23-22(14-20)26(32-15-19-4-3-5-21(29)12-19)34-27(33-23)24(36)13-18-8-10-28(30,31)11-9-18/h3-7,12,14,18H,8-11,13,15H2,1-2H3,(H,32,33,34). The molecule has 1 fully saturated rings. The highest BCUT2D eigenvalue weighted by Crippen LogP contribution is 2.38. The summed E-state index contributed by atoms with van der Waals surface area (Å²) in [4.78, 5) is 22.3. The van der Waals surface area contributed by atoms with E-state index in [2.05, 4.69) is 20.4 Å². The largest absolute Gasteiger partial charge is 0.365 e. The van der Waals surface area contributed by atoms with Gasteiger partial charge in [0.05, 0.1) is 11.2 Å². The molecular formula is C28H27ClF2N4O2. The van der Waals surface area contributed by atoms with Crippen LogP contribution in [-0.4, -0.2) is 26.8 Å². The van der Waals surface area contributed by atoms with E-state index in [9.17, 15) is 13.6 Å². The smallest absolute Gasteiger partial charge is 0.248 e. The molecule has 2 aromatic heterocycles. The lowest BCUT2D eigenvalue weighted by molar-refractivity contribution is -0.0458. The van der Waals surface area contributed by atoms with Crippen LogP contribution in [0.1, 0.15) is 59.7 Å². The van der Waals surface area contributed by atoms with Gasteiger partial charge in [-0.05, 0) is 68.0 Å². The van der Waals surface area contributed by atoms with Gasteiger partial charge >= 0.3 is 0 Å².